The van der Waals surface area contributed by atoms with Crippen LogP contribution in [0.25, 0.3) is 0 Å². The van der Waals surface area contributed by atoms with Gasteiger partial charge in [-0.3, -0.25) is 0 Å². The zero-order valence-electron chi connectivity index (χ0n) is 12.9. The fraction of sp³-hybridized carbons (Fsp3) is 0.600. The van der Waals surface area contributed by atoms with Crippen LogP contribution in [0.1, 0.15) is 26.3 Å². The van der Waals surface area contributed by atoms with Crippen LogP contribution < -0.4 is 14.8 Å². The van der Waals surface area contributed by atoms with E-state index in [2.05, 4.69) is 26.1 Å². The van der Waals surface area contributed by atoms with Gasteiger partial charge in [-0.25, -0.2) is 0 Å². The Morgan fingerprint density at radius 3 is 2.40 bits per heavy atom. The van der Waals surface area contributed by atoms with Crippen LogP contribution in [0.3, 0.4) is 0 Å². The molecule has 0 spiro atoms. The molecule has 1 aromatic rings. The SMILES string of the molecule is COCCOc1c(Cl)cc(CNC(C)(C)C)cc1OC. The zero-order chi connectivity index (χ0) is 15.2. The molecule has 0 aromatic heterocycles. The van der Waals surface area contributed by atoms with Gasteiger partial charge >= 0.3 is 0 Å². The number of benzene rings is 1. The maximum atomic E-state index is 6.27. The molecule has 0 aliphatic rings. The van der Waals surface area contributed by atoms with E-state index in [9.17, 15) is 0 Å². The van der Waals surface area contributed by atoms with Gasteiger partial charge in [0.2, 0.25) is 0 Å². The number of hydrogen-bond donors (Lipinski definition) is 1. The van der Waals surface area contributed by atoms with Crippen LogP contribution in [0.15, 0.2) is 12.1 Å². The molecule has 0 fully saturated rings. The Balaban J connectivity index is 2.83. The standard InChI is InChI=1S/C15H24ClNO3/c1-15(2,3)17-10-11-8-12(16)14(13(9-11)19-5)20-7-6-18-4/h8-9,17H,6-7,10H2,1-5H3. The van der Waals surface area contributed by atoms with E-state index in [0.717, 1.165) is 12.1 Å². The van der Waals surface area contributed by atoms with Crippen LogP contribution in [0, 0.1) is 0 Å². The largest absolute Gasteiger partial charge is 0.493 e. The van der Waals surface area contributed by atoms with Gasteiger partial charge in [0.15, 0.2) is 11.5 Å². The molecule has 1 N–H and O–H groups in total. The summed E-state index contributed by atoms with van der Waals surface area (Å²) < 4.78 is 15.9. The van der Waals surface area contributed by atoms with Crippen molar-refractivity contribution in [1.29, 1.82) is 0 Å². The molecule has 0 bridgehead atoms. The molecule has 1 rings (SSSR count). The average molecular weight is 302 g/mol. The molecule has 0 aliphatic heterocycles. The van der Waals surface area contributed by atoms with E-state index in [1.807, 2.05) is 12.1 Å². The van der Waals surface area contributed by atoms with Crippen LogP contribution in [0.4, 0.5) is 0 Å². The van der Waals surface area contributed by atoms with Crippen LogP contribution in [-0.2, 0) is 11.3 Å². The highest BCUT2D eigenvalue weighted by Gasteiger charge is 2.14. The van der Waals surface area contributed by atoms with E-state index in [1.165, 1.54) is 0 Å². The number of hydrogen-bond acceptors (Lipinski definition) is 4. The minimum atomic E-state index is 0.0490. The molecular weight excluding hydrogens is 278 g/mol. The Kier molecular flexibility index (Phi) is 6.59. The van der Waals surface area contributed by atoms with Crippen molar-refractivity contribution in [2.24, 2.45) is 0 Å². The van der Waals surface area contributed by atoms with E-state index in [1.54, 1.807) is 14.2 Å². The Labute approximate surface area is 126 Å². The number of ether oxygens (including phenoxy) is 3. The summed E-state index contributed by atoms with van der Waals surface area (Å²) in [4.78, 5) is 0. The van der Waals surface area contributed by atoms with Crippen molar-refractivity contribution in [2.45, 2.75) is 32.9 Å². The minimum absolute atomic E-state index is 0.0490. The fourth-order valence-corrected chi connectivity index (χ4v) is 1.90. The van der Waals surface area contributed by atoms with E-state index < -0.39 is 0 Å². The summed E-state index contributed by atoms with van der Waals surface area (Å²) in [5.74, 6) is 1.20. The second-order valence-corrected chi connectivity index (χ2v) is 5.96. The monoisotopic (exact) mass is 301 g/mol. The third-order valence-corrected chi connectivity index (χ3v) is 2.93. The first kappa shape index (κ1) is 17.1. The molecule has 0 unspecified atom stereocenters. The van der Waals surface area contributed by atoms with Gasteiger partial charge in [-0.2, -0.15) is 0 Å². The number of rotatable bonds is 7. The molecule has 0 amide bonds. The van der Waals surface area contributed by atoms with Crippen LogP contribution in [-0.4, -0.2) is 33.0 Å². The lowest BCUT2D eigenvalue weighted by atomic mass is 10.1. The van der Waals surface area contributed by atoms with Gasteiger partial charge in [-0.15, -0.1) is 0 Å². The van der Waals surface area contributed by atoms with Gasteiger partial charge in [-0.05, 0) is 38.5 Å². The van der Waals surface area contributed by atoms with Crippen molar-refractivity contribution >= 4 is 11.6 Å². The first-order chi connectivity index (χ1) is 9.37. The van der Waals surface area contributed by atoms with Gasteiger partial charge in [-0.1, -0.05) is 11.6 Å². The van der Waals surface area contributed by atoms with Crippen molar-refractivity contribution < 1.29 is 14.2 Å². The summed E-state index contributed by atoms with van der Waals surface area (Å²) in [6, 6.07) is 3.83. The molecule has 4 nitrogen and oxygen atoms in total. The normalized spacial score (nSPS) is 11.5. The molecule has 114 valence electrons. The first-order valence-electron chi connectivity index (χ1n) is 6.60. The summed E-state index contributed by atoms with van der Waals surface area (Å²) in [7, 11) is 3.24. The fourth-order valence-electron chi connectivity index (χ4n) is 1.61. The van der Waals surface area contributed by atoms with Gasteiger partial charge in [0.05, 0.1) is 18.7 Å². The van der Waals surface area contributed by atoms with E-state index in [-0.39, 0.29) is 5.54 Å². The third-order valence-electron chi connectivity index (χ3n) is 2.65. The predicted molar refractivity (Wildman–Crippen MR) is 82.0 cm³/mol. The molecular formula is C15H24ClNO3. The number of methoxy groups -OCH3 is 2. The molecule has 0 saturated carbocycles. The summed E-state index contributed by atoms with van der Waals surface area (Å²) >= 11 is 6.27. The Bertz CT molecular complexity index is 430. The molecule has 0 saturated heterocycles. The minimum Gasteiger partial charge on any atom is -0.493 e. The van der Waals surface area contributed by atoms with Crippen molar-refractivity contribution in [3.8, 4) is 11.5 Å². The van der Waals surface area contributed by atoms with Gasteiger partial charge in [0.1, 0.15) is 6.61 Å². The lowest BCUT2D eigenvalue weighted by Crippen LogP contribution is -2.35. The second-order valence-electron chi connectivity index (χ2n) is 5.55. The quantitative estimate of drug-likeness (QED) is 0.785. The zero-order valence-corrected chi connectivity index (χ0v) is 13.6. The maximum absolute atomic E-state index is 6.27. The highest BCUT2D eigenvalue weighted by molar-refractivity contribution is 6.32. The lowest BCUT2D eigenvalue weighted by Gasteiger charge is -2.21. The average Bonchev–Trinajstić information content (AvgIpc) is 2.37. The summed E-state index contributed by atoms with van der Waals surface area (Å²) in [5.41, 5.74) is 1.11. The van der Waals surface area contributed by atoms with Crippen LogP contribution >= 0.6 is 11.6 Å². The topological polar surface area (TPSA) is 39.7 Å². The third kappa shape index (κ3) is 5.57. The predicted octanol–water partition coefficient (Wildman–Crippen LogP) is 3.26. The van der Waals surface area contributed by atoms with Gasteiger partial charge in [0.25, 0.3) is 0 Å². The van der Waals surface area contributed by atoms with Crippen molar-refractivity contribution in [3.63, 3.8) is 0 Å². The lowest BCUT2D eigenvalue weighted by molar-refractivity contribution is 0.144. The first-order valence-corrected chi connectivity index (χ1v) is 6.98. The Morgan fingerprint density at radius 1 is 1.15 bits per heavy atom. The Morgan fingerprint density at radius 2 is 1.85 bits per heavy atom. The Hall–Kier alpha value is -0.970. The molecule has 1 aromatic carbocycles. The molecule has 0 radical (unpaired) electrons. The molecule has 5 heteroatoms. The number of nitrogens with one attached hydrogen (secondary N) is 1. The van der Waals surface area contributed by atoms with E-state index >= 15 is 0 Å². The second kappa shape index (κ2) is 7.72. The maximum Gasteiger partial charge on any atom is 0.179 e. The molecule has 0 aliphatic carbocycles. The summed E-state index contributed by atoms with van der Waals surface area (Å²) in [6.07, 6.45) is 0. The van der Waals surface area contributed by atoms with Crippen molar-refractivity contribution in [1.82, 2.24) is 5.32 Å². The highest BCUT2D eigenvalue weighted by atomic mass is 35.5. The highest BCUT2D eigenvalue weighted by Crippen LogP contribution is 2.36. The van der Waals surface area contributed by atoms with Gasteiger partial charge < -0.3 is 19.5 Å². The molecule has 0 heterocycles. The van der Waals surface area contributed by atoms with Crippen molar-refractivity contribution in [2.75, 3.05) is 27.4 Å². The number of halogens is 1. The van der Waals surface area contributed by atoms with E-state index in [0.29, 0.717) is 29.7 Å². The van der Waals surface area contributed by atoms with Gasteiger partial charge in [0, 0.05) is 19.2 Å². The van der Waals surface area contributed by atoms with Crippen molar-refractivity contribution in [3.05, 3.63) is 22.7 Å². The smallest absolute Gasteiger partial charge is 0.179 e. The molecule has 0 atom stereocenters. The molecule has 20 heavy (non-hydrogen) atoms. The van der Waals surface area contributed by atoms with Crippen LogP contribution in [0.5, 0.6) is 11.5 Å². The summed E-state index contributed by atoms with van der Waals surface area (Å²) in [6.45, 7) is 8.02. The van der Waals surface area contributed by atoms with Crippen LogP contribution in [0.2, 0.25) is 5.02 Å². The van der Waals surface area contributed by atoms with E-state index in [4.69, 9.17) is 25.8 Å². The summed E-state index contributed by atoms with van der Waals surface area (Å²) in [5, 5.41) is 3.96.